The van der Waals surface area contributed by atoms with E-state index in [4.69, 9.17) is 11.5 Å². The summed E-state index contributed by atoms with van der Waals surface area (Å²) in [5.74, 6) is 0.528. The van der Waals surface area contributed by atoms with Crippen molar-refractivity contribution in [2.75, 3.05) is 11.5 Å². The predicted molar refractivity (Wildman–Crippen MR) is 50.6 cm³/mol. The molecule has 3 nitrogen and oxygen atoms in total. The normalized spacial score (nSPS) is 10.3. The van der Waals surface area contributed by atoms with Crippen molar-refractivity contribution in [3.8, 4) is 0 Å². The number of hydrogen-bond donors (Lipinski definition) is 2. The fraction of sp³-hybridized carbons (Fsp3) is 0. The number of nitrogens with zero attached hydrogens (tertiary/aromatic N) is 1. The first kappa shape index (κ1) is 6.91. The van der Waals surface area contributed by atoms with Crippen LogP contribution in [0.3, 0.4) is 0 Å². The zero-order chi connectivity index (χ0) is 8.55. The second kappa shape index (κ2) is 2.37. The Bertz CT molecular complexity index is 382. The van der Waals surface area contributed by atoms with Crippen molar-refractivity contribution in [1.29, 1.82) is 0 Å². The number of hydrogen-bond acceptors (Lipinski definition) is 3. The number of aromatic nitrogens is 1. The van der Waals surface area contributed by atoms with E-state index >= 15 is 0 Å². The van der Waals surface area contributed by atoms with Crippen LogP contribution in [0.4, 0.5) is 11.5 Å². The number of pyridine rings is 1. The SMILES string of the molecule is Nc1cccc2c(N)nccc12. The number of nitrogen functional groups attached to an aromatic ring is 2. The molecule has 0 aliphatic rings. The molecule has 1 aromatic carbocycles. The largest absolute Gasteiger partial charge is 0.398 e. The molecule has 0 atom stereocenters. The zero-order valence-electron chi connectivity index (χ0n) is 6.49. The first-order valence-corrected chi connectivity index (χ1v) is 3.68. The van der Waals surface area contributed by atoms with Crippen LogP contribution < -0.4 is 11.5 Å². The van der Waals surface area contributed by atoms with Crippen LogP contribution in [0, 0.1) is 0 Å². The molecule has 0 fully saturated rings. The van der Waals surface area contributed by atoms with Gasteiger partial charge in [-0.3, -0.25) is 0 Å². The van der Waals surface area contributed by atoms with Gasteiger partial charge in [-0.1, -0.05) is 12.1 Å². The second-order valence-electron chi connectivity index (χ2n) is 2.64. The van der Waals surface area contributed by atoms with E-state index in [-0.39, 0.29) is 0 Å². The maximum absolute atomic E-state index is 5.74. The minimum Gasteiger partial charge on any atom is -0.398 e. The van der Waals surface area contributed by atoms with Gasteiger partial charge in [-0.25, -0.2) is 4.98 Å². The van der Waals surface area contributed by atoms with Gasteiger partial charge in [-0.05, 0) is 12.1 Å². The summed E-state index contributed by atoms with van der Waals surface area (Å²) in [6.45, 7) is 0. The molecule has 0 radical (unpaired) electrons. The van der Waals surface area contributed by atoms with Gasteiger partial charge in [0.1, 0.15) is 5.82 Å². The summed E-state index contributed by atoms with van der Waals surface area (Å²) in [6.07, 6.45) is 1.66. The van der Waals surface area contributed by atoms with E-state index in [0.29, 0.717) is 5.82 Å². The Morgan fingerprint density at radius 3 is 2.58 bits per heavy atom. The van der Waals surface area contributed by atoms with Crippen molar-refractivity contribution in [2.24, 2.45) is 0 Å². The highest BCUT2D eigenvalue weighted by atomic mass is 14.8. The van der Waals surface area contributed by atoms with E-state index in [2.05, 4.69) is 4.98 Å². The van der Waals surface area contributed by atoms with Crippen LogP contribution >= 0.6 is 0 Å². The van der Waals surface area contributed by atoms with E-state index in [9.17, 15) is 0 Å². The summed E-state index contributed by atoms with van der Waals surface area (Å²) in [7, 11) is 0. The molecule has 0 aliphatic carbocycles. The lowest BCUT2D eigenvalue weighted by Crippen LogP contribution is -1.93. The van der Waals surface area contributed by atoms with Crippen LogP contribution in [0.2, 0.25) is 0 Å². The van der Waals surface area contributed by atoms with Gasteiger partial charge >= 0.3 is 0 Å². The highest BCUT2D eigenvalue weighted by Crippen LogP contribution is 2.23. The van der Waals surface area contributed by atoms with Crippen molar-refractivity contribution in [3.05, 3.63) is 30.5 Å². The van der Waals surface area contributed by atoms with E-state index in [1.807, 2.05) is 24.3 Å². The van der Waals surface area contributed by atoms with E-state index < -0.39 is 0 Å². The molecule has 0 aliphatic heterocycles. The monoisotopic (exact) mass is 159 g/mol. The average molecular weight is 159 g/mol. The molecule has 60 valence electrons. The fourth-order valence-corrected chi connectivity index (χ4v) is 1.25. The molecule has 1 aromatic heterocycles. The van der Waals surface area contributed by atoms with Crippen molar-refractivity contribution < 1.29 is 0 Å². The van der Waals surface area contributed by atoms with Crippen LogP contribution in [0.15, 0.2) is 30.5 Å². The molecule has 0 amide bonds. The lowest BCUT2D eigenvalue weighted by Gasteiger charge is -2.02. The minimum atomic E-state index is 0.528. The van der Waals surface area contributed by atoms with Gasteiger partial charge in [0.15, 0.2) is 0 Å². The van der Waals surface area contributed by atoms with Crippen molar-refractivity contribution in [2.45, 2.75) is 0 Å². The van der Waals surface area contributed by atoms with Crippen LogP contribution in [0.1, 0.15) is 0 Å². The predicted octanol–water partition coefficient (Wildman–Crippen LogP) is 1.40. The van der Waals surface area contributed by atoms with Crippen molar-refractivity contribution in [3.63, 3.8) is 0 Å². The van der Waals surface area contributed by atoms with Gasteiger partial charge in [0, 0.05) is 22.7 Å². The Hall–Kier alpha value is -1.77. The highest BCUT2D eigenvalue weighted by Gasteiger charge is 1.99. The summed E-state index contributed by atoms with van der Waals surface area (Å²) < 4.78 is 0. The quantitative estimate of drug-likeness (QED) is 0.571. The van der Waals surface area contributed by atoms with E-state index in [0.717, 1.165) is 16.5 Å². The summed E-state index contributed by atoms with van der Waals surface area (Å²) >= 11 is 0. The summed E-state index contributed by atoms with van der Waals surface area (Å²) in [4.78, 5) is 3.97. The molecule has 12 heavy (non-hydrogen) atoms. The highest BCUT2D eigenvalue weighted by molar-refractivity contribution is 5.98. The first-order chi connectivity index (χ1) is 5.79. The molecule has 0 saturated heterocycles. The molecule has 0 spiro atoms. The van der Waals surface area contributed by atoms with Gasteiger partial charge in [-0.2, -0.15) is 0 Å². The Morgan fingerprint density at radius 2 is 1.83 bits per heavy atom. The van der Waals surface area contributed by atoms with Crippen LogP contribution in [-0.4, -0.2) is 4.98 Å². The van der Waals surface area contributed by atoms with Crippen LogP contribution in [-0.2, 0) is 0 Å². The third kappa shape index (κ3) is 0.871. The number of fused-ring (bicyclic) bond motifs is 1. The molecule has 0 bridgehead atoms. The van der Waals surface area contributed by atoms with Crippen LogP contribution in [0.5, 0.6) is 0 Å². The maximum atomic E-state index is 5.74. The van der Waals surface area contributed by atoms with Crippen molar-refractivity contribution in [1.82, 2.24) is 4.98 Å². The molecule has 2 aromatic rings. The minimum absolute atomic E-state index is 0.528. The van der Waals surface area contributed by atoms with Crippen LogP contribution in [0.25, 0.3) is 10.8 Å². The smallest absolute Gasteiger partial charge is 0.131 e. The van der Waals surface area contributed by atoms with Gasteiger partial charge in [0.2, 0.25) is 0 Å². The second-order valence-corrected chi connectivity index (χ2v) is 2.64. The summed E-state index contributed by atoms with van der Waals surface area (Å²) in [5.41, 5.74) is 12.1. The molecule has 0 saturated carbocycles. The summed E-state index contributed by atoms with van der Waals surface area (Å²) in [5, 5.41) is 1.88. The summed E-state index contributed by atoms with van der Waals surface area (Å²) in [6, 6.07) is 7.49. The lowest BCUT2D eigenvalue weighted by molar-refractivity contribution is 1.37. The molecular formula is C9H9N3. The maximum Gasteiger partial charge on any atom is 0.131 e. The van der Waals surface area contributed by atoms with Gasteiger partial charge in [0.25, 0.3) is 0 Å². The lowest BCUT2D eigenvalue weighted by atomic mass is 10.1. The number of anilines is 2. The zero-order valence-corrected chi connectivity index (χ0v) is 6.49. The Kier molecular flexibility index (Phi) is 1.37. The molecule has 1 heterocycles. The topological polar surface area (TPSA) is 64.9 Å². The third-order valence-electron chi connectivity index (χ3n) is 1.87. The number of benzene rings is 1. The molecule has 3 heteroatoms. The first-order valence-electron chi connectivity index (χ1n) is 3.68. The molecule has 2 rings (SSSR count). The van der Waals surface area contributed by atoms with Gasteiger partial charge < -0.3 is 11.5 Å². The van der Waals surface area contributed by atoms with Gasteiger partial charge in [0.05, 0.1) is 0 Å². The average Bonchev–Trinajstić information content (AvgIpc) is 2.07. The van der Waals surface area contributed by atoms with Gasteiger partial charge in [-0.15, -0.1) is 0 Å². The Labute approximate surface area is 70.0 Å². The standard InChI is InChI=1S/C9H9N3/c10-8-3-1-2-7-6(8)4-5-12-9(7)11/h1-5H,10H2,(H2,11,12). The van der Waals surface area contributed by atoms with E-state index in [1.54, 1.807) is 6.20 Å². The number of nitrogens with two attached hydrogens (primary N) is 2. The molecule has 0 unspecified atom stereocenters. The molecular weight excluding hydrogens is 150 g/mol. The number of rotatable bonds is 0. The third-order valence-corrected chi connectivity index (χ3v) is 1.87. The molecule has 4 N–H and O–H groups in total. The fourth-order valence-electron chi connectivity index (χ4n) is 1.25. The Morgan fingerprint density at radius 1 is 1.00 bits per heavy atom. The Balaban J connectivity index is 2.94. The van der Waals surface area contributed by atoms with Crippen molar-refractivity contribution >= 4 is 22.3 Å². The van der Waals surface area contributed by atoms with E-state index in [1.165, 1.54) is 0 Å².